The lowest BCUT2D eigenvalue weighted by molar-refractivity contribution is -0.119. The number of carbonyl (C=O) groups excluding carboxylic acids is 1. The number of nitrogens with two attached hydrogens (primary N) is 1. The van der Waals surface area contributed by atoms with Gasteiger partial charge in [-0.3, -0.25) is 4.79 Å². The highest BCUT2D eigenvalue weighted by atomic mass is 32.2. The number of hydrogen-bond acceptors (Lipinski definition) is 6. The Morgan fingerprint density at radius 3 is 2.39 bits per heavy atom. The van der Waals surface area contributed by atoms with Crippen LogP contribution in [-0.2, 0) is 4.79 Å². The maximum absolute atomic E-state index is 12.2. The van der Waals surface area contributed by atoms with Crippen molar-refractivity contribution in [3.05, 3.63) is 41.0 Å². The molecular formula is C22H22N4OS. The number of rotatable bonds is 4. The van der Waals surface area contributed by atoms with E-state index in [2.05, 4.69) is 31.0 Å². The number of anilines is 1. The Balaban J connectivity index is 2.12. The number of nitriles is 2. The van der Waals surface area contributed by atoms with E-state index in [-0.39, 0.29) is 22.4 Å². The Morgan fingerprint density at radius 1 is 1.14 bits per heavy atom. The largest absolute Gasteiger partial charge is 0.383 e. The van der Waals surface area contributed by atoms with E-state index in [1.807, 2.05) is 24.3 Å². The molecular weight excluding hydrogens is 368 g/mol. The SMILES string of the molecule is CC(C)c1ccc(-c2c(C#N)c(N)nc(S[C@H]3CCCCC3=O)c2C#N)cc1. The van der Waals surface area contributed by atoms with Crippen molar-refractivity contribution in [1.29, 1.82) is 10.5 Å². The van der Waals surface area contributed by atoms with Gasteiger partial charge in [0, 0.05) is 12.0 Å². The zero-order valence-corrected chi connectivity index (χ0v) is 16.8. The summed E-state index contributed by atoms with van der Waals surface area (Å²) < 4.78 is 0. The Hall–Kier alpha value is -2.83. The molecule has 6 heteroatoms. The third kappa shape index (κ3) is 3.88. The number of nitrogens with zero attached hydrogens (tertiary/aromatic N) is 3. The quantitative estimate of drug-likeness (QED) is 0.804. The van der Waals surface area contributed by atoms with Gasteiger partial charge in [0.1, 0.15) is 34.3 Å². The number of benzene rings is 1. The van der Waals surface area contributed by atoms with Crippen LogP contribution in [0.1, 0.15) is 62.1 Å². The average molecular weight is 391 g/mol. The highest BCUT2D eigenvalue weighted by molar-refractivity contribution is 8.00. The van der Waals surface area contributed by atoms with Crippen LogP contribution in [0.25, 0.3) is 11.1 Å². The second-order valence-corrected chi connectivity index (χ2v) is 8.44. The average Bonchev–Trinajstić information content (AvgIpc) is 2.69. The van der Waals surface area contributed by atoms with Gasteiger partial charge in [-0.1, -0.05) is 56.3 Å². The second kappa shape index (κ2) is 8.46. The molecule has 0 unspecified atom stereocenters. The Labute approximate surface area is 169 Å². The monoisotopic (exact) mass is 390 g/mol. The van der Waals surface area contributed by atoms with Gasteiger partial charge in [-0.15, -0.1) is 0 Å². The molecule has 1 fully saturated rings. The van der Waals surface area contributed by atoms with Crippen LogP contribution in [0.5, 0.6) is 0 Å². The fraction of sp³-hybridized carbons (Fsp3) is 0.364. The van der Waals surface area contributed by atoms with E-state index in [0.717, 1.165) is 24.8 Å². The lowest BCUT2D eigenvalue weighted by atomic mass is 9.94. The molecule has 1 saturated carbocycles. The number of aromatic nitrogens is 1. The lowest BCUT2D eigenvalue weighted by Gasteiger charge is -2.21. The summed E-state index contributed by atoms with van der Waals surface area (Å²) in [5, 5.41) is 19.7. The maximum Gasteiger partial charge on any atom is 0.146 e. The van der Waals surface area contributed by atoms with E-state index in [9.17, 15) is 15.3 Å². The van der Waals surface area contributed by atoms with E-state index in [0.29, 0.717) is 28.5 Å². The van der Waals surface area contributed by atoms with Crippen LogP contribution in [0.4, 0.5) is 5.82 Å². The first-order valence-corrected chi connectivity index (χ1v) is 10.3. The van der Waals surface area contributed by atoms with Crippen molar-refractivity contribution in [2.75, 3.05) is 5.73 Å². The fourth-order valence-corrected chi connectivity index (χ4v) is 4.64. The van der Waals surface area contributed by atoms with E-state index in [1.165, 1.54) is 17.3 Å². The molecule has 1 atom stereocenters. The summed E-state index contributed by atoms with van der Waals surface area (Å²) in [6, 6.07) is 12.1. The van der Waals surface area contributed by atoms with Crippen molar-refractivity contribution in [2.45, 2.75) is 55.7 Å². The molecule has 0 bridgehead atoms. The fourth-order valence-electron chi connectivity index (χ4n) is 3.42. The van der Waals surface area contributed by atoms with Crippen molar-refractivity contribution < 1.29 is 4.79 Å². The van der Waals surface area contributed by atoms with E-state index in [4.69, 9.17) is 5.73 Å². The minimum absolute atomic E-state index is 0.0928. The molecule has 0 radical (unpaired) electrons. The third-order valence-electron chi connectivity index (χ3n) is 5.03. The summed E-state index contributed by atoms with van der Waals surface area (Å²) in [5.74, 6) is 0.661. The van der Waals surface area contributed by atoms with Crippen LogP contribution >= 0.6 is 11.8 Å². The molecule has 1 heterocycles. The minimum atomic E-state index is -0.211. The number of ketones is 1. The normalized spacial score (nSPS) is 16.6. The standard InChI is InChI=1S/C22H22N4OS/c1-13(2)14-7-9-15(10-8-14)20-16(11-23)21(25)26-22(17(20)12-24)28-19-6-4-3-5-18(19)27/h7-10,13,19H,3-6H2,1-2H3,(H2,25,26)/t19-/m0/s1. The summed E-state index contributed by atoms with van der Waals surface area (Å²) in [7, 11) is 0. The van der Waals surface area contributed by atoms with Gasteiger partial charge in [0.15, 0.2) is 0 Å². The molecule has 1 aliphatic rings. The summed E-state index contributed by atoms with van der Waals surface area (Å²) in [5.41, 5.74) is 9.01. The maximum atomic E-state index is 12.2. The predicted molar refractivity (Wildman–Crippen MR) is 111 cm³/mol. The molecule has 2 N–H and O–H groups in total. The van der Waals surface area contributed by atoms with Crippen molar-refractivity contribution in [1.82, 2.24) is 4.98 Å². The Bertz CT molecular complexity index is 984. The topological polar surface area (TPSA) is 104 Å². The highest BCUT2D eigenvalue weighted by Gasteiger charge is 2.27. The van der Waals surface area contributed by atoms with Crippen LogP contribution < -0.4 is 5.73 Å². The molecule has 3 rings (SSSR count). The predicted octanol–water partition coefficient (Wildman–Crippen LogP) is 4.80. The molecule has 0 spiro atoms. The zero-order valence-electron chi connectivity index (χ0n) is 16.0. The first-order chi connectivity index (χ1) is 13.5. The molecule has 1 aliphatic carbocycles. The van der Waals surface area contributed by atoms with Gasteiger partial charge >= 0.3 is 0 Å². The summed E-state index contributed by atoms with van der Waals surface area (Å²) in [6.45, 7) is 4.22. The van der Waals surface area contributed by atoms with Crippen LogP contribution in [0.15, 0.2) is 29.3 Å². The first kappa shape index (κ1) is 19.9. The van der Waals surface area contributed by atoms with Gasteiger partial charge in [0.25, 0.3) is 0 Å². The van der Waals surface area contributed by atoms with Crippen molar-refractivity contribution in [3.63, 3.8) is 0 Å². The summed E-state index contributed by atoms with van der Waals surface area (Å²) in [4.78, 5) is 16.6. The number of pyridine rings is 1. The van der Waals surface area contributed by atoms with Gasteiger partial charge < -0.3 is 5.73 Å². The van der Waals surface area contributed by atoms with Gasteiger partial charge in [-0.05, 0) is 29.9 Å². The molecule has 1 aromatic carbocycles. The molecule has 0 amide bonds. The summed E-state index contributed by atoms with van der Waals surface area (Å²) >= 11 is 1.30. The number of nitrogen functional groups attached to an aromatic ring is 1. The molecule has 142 valence electrons. The smallest absolute Gasteiger partial charge is 0.146 e. The zero-order chi connectivity index (χ0) is 20.3. The Morgan fingerprint density at radius 2 is 1.82 bits per heavy atom. The Kier molecular flexibility index (Phi) is 6.02. The van der Waals surface area contributed by atoms with Gasteiger partial charge in [0.2, 0.25) is 0 Å². The van der Waals surface area contributed by atoms with Crippen LogP contribution in [-0.4, -0.2) is 16.0 Å². The van der Waals surface area contributed by atoms with Crippen molar-refractivity contribution >= 4 is 23.4 Å². The van der Waals surface area contributed by atoms with Crippen LogP contribution in [0.2, 0.25) is 0 Å². The molecule has 0 aliphatic heterocycles. The molecule has 28 heavy (non-hydrogen) atoms. The van der Waals surface area contributed by atoms with E-state index in [1.54, 1.807) is 0 Å². The third-order valence-corrected chi connectivity index (χ3v) is 6.34. The second-order valence-electron chi connectivity index (χ2n) is 7.25. The minimum Gasteiger partial charge on any atom is -0.383 e. The highest BCUT2D eigenvalue weighted by Crippen LogP contribution is 2.39. The van der Waals surface area contributed by atoms with Crippen molar-refractivity contribution in [3.8, 4) is 23.3 Å². The number of Topliss-reactive ketones (excluding diaryl/α,β-unsaturated/α-hetero) is 1. The molecule has 0 saturated heterocycles. The first-order valence-electron chi connectivity index (χ1n) is 9.39. The number of carbonyl (C=O) groups is 1. The molecule has 1 aromatic heterocycles. The lowest BCUT2D eigenvalue weighted by Crippen LogP contribution is -2.21. The number of thioether (sulfide) groups is 1. The van der Waals surface area contributed by atoms with E-state index >= 15 is 0 Å². The summed E-state index contributed by atoms with van der Waals surface area (Å²) in [6.07, 6.45) is 3.24. The number of hydrogen-bond donors (Lipinski definition) is 1. The van der Waals surface area contributed by atoms with Crippen LogP contribution in [0, 0.1) is 22.7 Å². The molecule has 5 nitrogen and oxygen atoms in total. The van der Waals surface area contributed by atoms with Crippen molar-refractivity contribution in [2.24, 2.45) is 0 Å². The van der Waals surface area contributed by atoms with Gasteiger partial charge in [-0.2, -0.15) is 10.5 Å². The van der Waals surface area contributed by atoms with Crippen LogP contribution in [0.3, 0.4) is 0 Å². The van der Waals surface area contributed by atoms with Gasteiger partial charge in [0.05, 0.1) is 10.8 Å². The van der Waals surface area contributed by atoms with E-state index < -0.39 is 0 Å². The van der Waals surface area contributed by atoms with Gasteiger partial charge in [-0.25, -0.2) is 4.98 Å². The molecule has 2 aromatic rings.